The molecule has 25 heavy (non-hydrogen) atoms. The lowest BCUT2D eigenvalue weighted by Crippen LogP contribution is -2.42. The number of aryl methyl sites for hydroxylation is 1. The Morgan fingerprint density at radius 2 is 2.20 bits per heavy atom. The highest BCUT2D eigenvalue weighted by molar-refractivity contribution is 7.80. The number of carbonyl (C=O) groups is 1. The highest BCUT2D eigenvalue weighted by Crippen LogP contribution is 2.38. The first kappa shape index (κ1) is 16.8. The molecule has 2 atom stereocenters. The Balaban J connectivity index is 1.43. The Bertz CT molecular complexity index is 761. The van der Waals surface area contributed by atoms with Crippen molar-refractivity contribution < 1.29 is 26.6 Å². The number of urea groups is 1. The van der Waals surface area contributed by atoms with Crippen LogP contribution in [0.4, 0.5) is 4.79 Å². The Labute approximate surface area is 145 Å². The van der Waals surface area contributed by atoms with Crippen molar-refractivity contribution in [3.63, 3.8) is 0 Å². The molecular weight excluding hydrogens is 352 g/mol. The molecule has 11 heteroatoms. The summed E-state index contributed by atoms with van der Waals surface area (Å²) in [7, 11) is -4.73. The van der Waals surface area contributed by atoms with E-state index in [0.717, 1.165) is 36.8 Å². The third-order valence-electron chi connectivity index (χ3n) is 5.08. The summed E-state index contributed by atoms with van der Waals surface area (Å²) in [6.45, 7) is 2.41. The fraction of sp³-hybridized carbons (Fsp3) is 0.714. The van der Waals surface area contributed by atoms with E-state index < -0.39 is 22.5 Å². The lowest BCUT2D eigenvalue weighted by Gasteiger charge is -2.28. The molecule has 0 unspecified atom stereocenters. The molecule has 3 fully saturated rings. The van der Waals surface area contributed by atoms with Gasteiger partial charge in [-0.15, -0.1) is 4.28 Å². The van der Waals surface area contributed by atoms with Gasteiger partial charge in [0.15, 0.2) is 0 Å². The number of rotatable bonds is 6. The molecule has 1 aromatic rings. The molecule has 1 aromatic heterocycles. The van der Waals surface area contributed by atoms with E-state index in [0.29, 0.717) is 31.0 Å². The second-order valence-electron chi connectivity index (χ2n) is 6.79. The van der Waals surface area contributed by atoms with Gasteiger partial charge in [-0.25, -0.2) is 4.79 Å². The fourth-order valence-corrected chi connectivity index (χ4v) is 4.03. The van der Waals surface area contributed by atoms with Crippen LogP contribution in [0, 0.1) is 5.92 Å². The van der Waals surface area contributed by atoms with Crippen LogP contribution in [0.3, 0.4) is 0 Å². The molecule has 2 amide bonds. The van der Waals surface area contributed by atoms with E-state index in [1.54, 1.807) is 0 Å². The van der Waals surface area contributed by atoms with E-state index in [1.165, 1.54) is 4.90 Å². The van der Waals surface area contributed by atoms with E-state index in [9.17, 15) is 13.2 Å². The third-order valence-corrected chi connectivity index (χ3v) is 5.43. The van der Waals surface area contributed by atoms with Crippen molar-refractivity contribution in [2.75, 3.05) is 19.6 Å². The summed E-state index contributed by atoms with van der Waals surface area (Å²) in [5.41, 5.74) is 0.669. The van der Waals surface area contributed by atoms with E-state index in [1.807, 2.05) is 6.07 Å². The molecule has 0 aromatic carbocycles. The average molecular weight is 372 g/mol. The van der Waals surface area contributed by atoms with Gasteiger partial charge in [-0.3, -0.25) is 4.55 Å². The van der Waals surface area contributed by atoms with Gasteiger partial charge in [-0.2, -0.15) is 13.5 Å². The lowest BCUT2D eigenvalue weighted by molar-refractivity contribution is -0.0317. The van der Waals surface area contributed by atoms with Gasteiger partial charge in [0.25, 0.3) is 0 Å². The zero-order valence-electron chi connectivity index (χ0n) is 13.5. The molecule has 2 N–H and O–H groups in total. The molecule has 3 aliphatic heterocycles. The summed E-state index contributed by atoms with van der Waals surface area (Å²) in [4.78, 5) is 13.9. The van der Waals surface area contributed by atoms with Gasteiger partial charge in [0.05, 0.1) is 12.1 Å². The van der Waals surface area contributed by atoms with Crippen LogP contribution in [0.15, 0.2) is 10.6 Å². The van der Waals surface area contributed by atoms with Crippen LogP contribution in [0.25, 0.3) is 0 Å². The van der Waals surface area contributed by atoms with Crippen molar-refractivity contribution in [3.8, 4) is 0 Å². The Morgan fingerprint density at radius 1 is 1.40 bits per heavy atom. The number of fused-ring (bicyclic) bond motifs is 2. The molecule has 4 rings (SSSR count). The number of piperidine rings is 1. The van der Waals surface area contributed by atoms with Crippen LogP contribution in [-0.4, -0.2) is 59.8 Å². The summed E-state index contributed by atoms with van der Waals surface area (Å²) in [5.74, 6) is 1.47. The number of hydrogen-bond donors (Lipinski definition) is 2. The van der Waals surface area contributed by atoms with Gasteiger partial charge in [0.1, 0.15) is 11.5 Å². The highest BCUT2D eigenvalue weighted by atomic mass is 32.3. The van der Waals surface area contributed by atoms with Crippen LogP contribution in [0.2, 0.25) is 0 Å². The van der Waals surface area contributed by atoms with E-state index in [-0.39, 0.29) is 6.04 Å². The average Bonchev–Trinajstić information content (AvgIpc) is 3.05. The minimum atomic E-state index is -4.73. The van der Waals surface area contributed by atoms with Crippen molar-refractivity contribution in [1.82, 2.24) is 20.4 Å². The fourth-order valence-electron chi connectivity index (χ4n) is 3.64. The number of carbonyl (C=O) groups excluding carboxylic acids is 1. The van der Waals surface area contributed by atoms with E-state index in [2.05, 4.69) is 14.8 Å². The number of hydroxylamine groups is 2. The summed E-state index contributed by atoms with van der Waals surface area (Å²) >= 11 is 0. The van der Waals surface area contributed by atoms with E-state index >= 15 is 0 Å². The predicted octanol–water partition coefficient (Wildman–Crippen LogP) is 0.502. The minimum Gasteiger partial charge on any atom is -0.361 e. The van der Waals surface area contributed by atoms with Gasteiger partial charge in [-0.1, -0.05) is 5.16 Å². The van der Waals surface area contributed by atoms with Crippen molar-refractivity contribution in [1.29, 1.82) is 0 Å². The third kappa shape index (κ3) is 3.36. The molecule has 3 aliphatic rings. The minimum absolute atomic E-state index is 0.276. The topological polar surface area (TPSA) is 125 Å². The SMILES string of the molecule is O=C1N2C[C@@H](CC[C@@H]2c2cc(CCC3CNC3)on2)N1OS(=O)(=O)O. The highest BCUT2D eigenvalue weighted by Gasteiger charge is 2.48. The van der Waals surface area contributed by atoms with Crippen LogP contribution in [0.1, 0.15) is 36.8 Å². The van der Waals surface area contributed by atoms with Crippen molar-refractivity contribution >= 4 is 16.4 Å². The Kier molecular flexibility index (Phi) is 4.18. The predicted molar refractivity (Wildman–Crippen MR) is 83.5 cm³/mol. The Morgan fingerprint density at radius 3 is 2.88 bits per heavy atom. The van der Waals surface area contributed by atoms with E-state index in [4.69, 9.17) is 9.08 Å². The zero-order chi connectivity index (χ0) is 17.6. The summed E-state index contributed by atoms with van der Waals surface area (Å²) < 4.78 is 40.5. The normalized spacial score (nSPS) is 27.0. The summed E-state index contributed by atoms with van der Waals surface area (Å²) in [5, 5.41) is 8.07. The van der Waals surface area contributed by atoms with Crippen LogP contribution < -0.4 is 5.32 Å². The van der Waals surface area contributed by atoms with Crippen LogP contribution in [-0.2, 0) is 21.1 Å². The maximum atomic E-state index is 12.4. The molecule has 10 nitrogen and oxygen atoms in total. The smallest absolute Gasteiger partial charge is 0.361 e. The largest absolute Gasteiger partial charge is 0.418 e. The first-order valence-electron chi connectivity index (χ1n) is 8.34. The quantitative estimate of drug-likeness (QED) is 0.692. The molecule has 4 heterocycles. The van der Waals surface area contributed by atoms with Gasteiger partial charge < -0.3 is 14.7 Å². The van der Waals surface area contributed by atoms with Crippen LogP contribution >= 0.6 is 0 Å². The number of nitrogens with one attached hydrogen (secondary N) is 1. The number of amides is 2. The number of nitrogens with zero attached hydrogens (tertiary/aromatic N) is 3. The number of hydrogen-bond acceptors (Lipinski definition) is 7. The monoisotopic (exact) mass is 372 g/mol. The summed E-state index contributed by atoms with van der Waals surface area (Å²) in [6, 6.07) is 0.608. The maximum Gasteiger partial charge on any atom is 0.418 e. The molecule has 0 saturated carbocycles. The summed E-state index contributed by atoms with van der Waals surface area (Å²) in [6.07, 6.45) is 3.02. The molecular formula is C14H20N4O6S. The molecule has 2 bridgehead atoms. The van der Waals surface area contributed by atoms with Gasteiger partial charge in [0.2, 0.25) is 0 Å². The number of aromatic nitrogens is 1. The lowest BCUT2D eigenvalue weighted by atomic mass is 9.96. The van der Waals surface area contributed by atoms with Crippen LogP contribution in [0.5, 0.6) is 0 Å². The second-order valence-corrected chi connectivity index (χ2v) is 7.80. The Hall–Kier alpha value is -1.69. The van der Waals surface area contributed by atoms with Gasteiger partial charge in [0, 0.05) is 19.0 Å². The second kappa shape index (κ2) is 6.24. The standard InChI is InChI=1S/C14H20N4O6S/c19-14-17-8-10(18(14)24-25(20,21)22)2-4-13(17)12-5-11(23-16-12)3-1-9-6-15-7-9/h5,9-10,13,15H,1-4,6-8H2,(H,20,21,22)/t10-,13-/m1/s1. The van der Waals surface area contributed by atoms with Crippen molar-refractivity contribution in [2.45, 2.75) is 37.8 Å². The van der Waals surface area contributed by atoms with Gasteiger partial charge >= 0.3 is 16.4 Å². The maximum absolute atomic E-state index is 12.4. The first-order valence-corrected chi connectivity index (χ1v) is 9.70. The molecule has 0 radical (unpaired) electrons. The molecule has 138 valence electrons. The first-order chi connectivity index (χ1) is 11.9. The molecule has 0 spiro atoms. The zero-order valence-corrected chi connectivity index (χ0v) is 14.3. The van der Waals surface area contributed by atoms with Gasteiger partial charge in [-0.05, 0) is 38.3 Å². The molecule has 3 saturated heterocycles. The van der Waals surface area contributed by atoms with Crippen molar-refractivity contribution in [3.05, 3.63) is 17.5 Å². The molecule has 0 aliphatic carbocycles. The van der Waals surface area contributed by atoms with Crippen molar-refractivity contribution in [2.24, 2.45) is 5.92 Å².